The van der Waals surface area contributed by atoms with Crippen LogP contribution in [-0.2, 0) is 11.2 Å². The van der Waals surface area contributed by atoms with E-state index >= 15 is 0 Å². The molecule has 1 aliphatic heterocycles. The van der Waals surface area contributed by atoms with Crippen molar-refractivity contribution < 1.29 is 4.79 Å². The quantitative estimate of drug-likeness (QED) is 0.868. The fraction of sp³-hybridized carbons (Fsp3) is 0.529. The van der Waals surface area contributed by atoms with Gasteiger partial charge < -0.3 is 10.6 Å². The minimum absolute atomic E-state index is 0.0546. The Balaban J connectivity index is 2.46. The van der Waals surface area contributed by atoms with Gasteiger partial charge in [0.2, 0.25) is 5.91 Å². The molecular weight excluding hydrogens is 280 g/mol. The van der Waals surface area contributed by atoms with Crippen molar-refractivity contribution in [3.8, 4) is 0 Å². The molecule has 0 bridgehead atoms. The highest BCUT2D eigenvalue weighted by molar-refractivity contribution is 7.80. The number of benzene rings is 1. The van der Waals surface area contributed by atoms with Crippen molar-refractivity contribution in [1.82, 2.24) is 0 Å². The lowest BCUT2D eigenvalue weighted by Crippen LogP contribution is -2.52. The predicted octanol–water partition coefficient (Wildman–Crippen LogP) is 3.30. The number of hydrogen-bond acceptors (Lipinski definition) is 2. The number of hydrogen-bond donors (Lipinski definition) is 1. The Morgan fingerprint density at radius 3 is 2.57 bits per heavy atom. The first-order chi connectivity index (χ1) is 9.96. The number of anilines is 1. The summed E-state index contributed by atoms with van der Waals surface area (Å²) in [7, 11) is 0. The molecule has 0 fully saturated rings. The number of fused-ring (bicyclic) bond motifs is 1. The van der Waals surface area contributed by atoms with E-state index < -0.39 is 5.41 Å². The zero-order valence-electron chi connectivity index (χ0n) is 13.1. The molecule has 1 unspecified atom stereocenters. The van der Waals surface area contributed by atoms with Crippen LogP contribution in [0.4, 0.5) is 5.69 Å². The van der Waals surface area contributed by atoms with Gasteiger partial charge in [0.05, 0.1) is 10.4 Å². The van der Waals surface area contributed by atoms with Crippen molar-refractivity contribution >= 4 is 28.8 Å². The van der Waals surface area contributed by atoms with Crippen LogP contribution >= 0.6 is 12.2 Å². The first-order valence-electron chi connectivity index (χ1n) is 7.66. The van der Waals surface area contributed by atoms with E-state index in [1.807, 2.05) is 36.9 Å². The molecule has 1 amide bonds. The van der Waals surface area contributed by atoms with Gasteiger partial charge in [0.1, 0.15) is 0 Å². The monoisotopic (exact) mass is 304 g/mol. The maximum absolute atomic E-state index is 13.2. The molecule has 0 saturated carbocycles. The summed E-state index contributed by atoms with van der Waals surface area (Å²) in [4.78, 5) is 15.4. The zero-order chi connectivity index (χ0) is 15.6. The highest BCUT2D eigenvalue weighted by Crippen LogP contribution is 2.36. The number of thiocarbonyl (C=S) groups is 1. The molecular formula is C17H24N2OS. The topological polar surface area (TPSA) is 46.3 Å². The average Bonchev–Trinajstić information content (AvgIpc) is 2.47. The van der Waals surface area contributed by atoms with Gasteiger partial charge in [-0.25, -0.2) is 0 Å². The number of nitrogens with two attached hydrogens (primary N) is 1. The first-order valence-corrected chi connectivity index (χ1v) is 8.06. The minimum atomic E-state index is -0.723. The molecule has 4 heteroatoms. The van der Waals surface area contributed by atoms with Crippen LogP contribution in [-0.4, -0.2) is 17.4 Å². The molecule has 1 aromatic carbocycles. The number of carbonyl (C=O) groups excluding carboxylic acids is 1. The SMILES string of the molecule is CCC(CC)(C(=O)N1CC(C)Cc2ccccc21)C(N)=S. The summed E-state index contributed by atoms with van der Waals surface area (Å²) in [5.74, 6) is 0.501. The molecule has 114 valence electrons. The smallest absolute Gasteiger partial charge is 0.240 e. The van der Waals surface area contributed by atoms with Crippen molar-refractivity contribution in [2.75, 3.05) is 11.4 Å². The maximum Gasteiger partial charge on any atom is 0.240 e. The Morgan fingerprint density at radius 1 is 1.38 bits per heavy atom. The predicted molar refractivity (Wildman–Crippen MR) is 91.5 cm³/mol. The molecule has 0 saturated heterocycles. The highest BCUT2D eigenvalue weighted by Gasteiger charge is 2.43. The molecule has 21 heavy (non-hydrogen) atoms. The average molecular weight is 304 g/mol. The standard InChI is InChI=1S/C17H24N2OS/c1-4-17(5-2,15(18)21)16(20)19-11-12(3)10-13-8-6-7-9-14(13)19/h6-9,12H,4-5,10-11H2,1-3H3,(H2,18,21). The summed E-state index contributed by atoms with van der Waals surface area (Å²) in [6.45, 7) is 6.89. The molecule has 1 heterocycles. The van der Waals surface area contributed by atoms with Gasteiger partial charge in [-0.15, -0.1) is 0 Å². The Hall–Kier alpha value is -1.42. The van der Waals surface area contributed by atoms with E-state index in [2.05, 4.69) is 13.0 Å². The molecule has 0 aromatic heterocycles. The number of carbonyl (C=O) groups is 1. The number of nitrogens with zero attached hydrogens (tertiary/aromatic N) is 1. The molecule has 2 rings (SSSR count). The van der Waals surface area contributed by atoms with Crippen LogP contribution in [0.3, 0.4) is 0 Å². The van der Waals surface area contributed by atoms with E-state index in [9.17, 15) is 4.79 Å². The molecule has 3 nitrogen and oxygen atoms in total. The molecule has 2 N–H and O–H groups in total. The lowest BCUT2D eigenvalue weighted by molar-refractivity contribution is -0.125. The van der Waals surface area contributed by atoms with E-state index in [0.29, 0.717) is 23.7 Å². The highest BCUT2D eigenvalue weighted by atomic mass is 32.1. The second kappa shape index (κ2) is 6.14. The third-order valence-corrected chi connectivity index (χ3v) is 5.07. The Bertz CT molecular complexity index is 551. The summed E-state index contributed by atoms with van der Waals surface area (Å²) in [6, 6.07) is 8.13. The molecule has 0 radical (unpaired) electrons. The largest absolute Gasteiger partial charge is 0.392 e. The van der Waals surface area contributed by atoms with Gasteiger partial charge in [-0.3, -0.25) is 4.79 Å². The van der Waals surface area contributed by atoms with Gasteiger partial charge in [-0.1, -0.05) is 51.2 Å². The van der Waals surface area contributed by atoms with Gasteiger partial charge in [0.15, 0.2) is 0 Å². The van der Waals surface area contributed by atoms with Gasteiger partial charge in [0, 0.05) is 12.2 Å². The van der Waals surface area contributed by atoms with Crippen molar-refractivity contribution in [3.63, 3.8) is 0 Å². The Labute approximate surface area is 132 Å². The maximum atomic E-state index is 13.2. The van der Waals surface area contributed by atoms with Crippen LogP contribution in [0.15, 0.2) is 24.3 Å². The van der Waals surface area contributed by atoms with Crippen LogP contribution in [0.25, 0.3) is 0 Å². The summed E-state index contributed by atoms with van der Waals surface area (Å²) >= 11 is 5.23. The molecule has 1 aliphatic rings. The van der Waals surface area contributed by atoms with E-state index in [-0.39, 0.29) is 5.91 Å². The fourth-order valence-corrected chi connectivity index (χ4v) is 3.63. The van der Waals surface area contributed by atoms with Crippen molar-refractivity contribution in [2.45, 2.75) is 40.0 Å². The first kappa shape index (κ1) is 16.0. The normalized spacial score (nSPS) is 18.2. The van der Waals surface area contributed by atoms with Crippen molar-refractivity contribution in [1.29, 1.82) is 0 Å². The second-order valence-corrected chi connectivity index (χ2v) is 6.45. The second-order valence-electron chi connectivity index (χ2n) is 6.01. The van der Waals surface area contributed by atoms with E-state index in [0.717, 1.165) is 18.7 Å². The van der Waals surface area contributed by atoms with Crippen LogP contribution in [0.2, 0.25) is 0 Å². The van der Waals surface area contributed by atoms with Crippen molar-refractivity contribution in [3.05, 3.63) is 29.8 Å². The molecule has 0 spiro atoms. The summed E-state index contributed by atoms with van der Waals surface area (Å²) in [5, 5.41) is 0. The van der Waals surface area contributed by atoms with Crippen LogP contribution in [0.5, 0.6) is 0 Å². The summed E-state index contributed by atoms with van der Waals surface area (Å²) in [6.07, 6.45) is 2.30. The fourth-order valence-electron chi connectivity index (χ4n) is 3.25. The van der Waals surface area contributed by atoms with E-state index in [4.69, 9.17) is 18.0 Å². The Morgan fingerprint density at radius 2 is 2.00 bits per heavy atom. The zero-order valence-corrected chi connectivity index (χ0v) is 13.9. The van der Waals surface area contributed by atoms with E-state index in [1.54, 1.807) is 0 Å². The van der Waals surface area contributed by atoms with Crippen LogP contribution in [0, 0.1) is 11.3 Å². The molecule has 1 aromatic rings. The third-order valence-electron chi connectivity index (χ3n) is 4.68. The third kappa shape index (κ3) is 2.69. The molecule has 1 atom stereocenters. The lowest BCUT2D eigenvalue weighted by atomic mass is 9.79. The lowest BCUT2D eigenvalue weighted by Gasteiger charge is -2.39. The van der Waals surface area contributed by atoms with Gasteiger partial charge in [-0.2, -0.15) is 0 Å². The number of rotatable bonds is 4. The molecule has 0 aliphatic carbocycles. The van der Waals surface area contributed by atoms with Crippen LogP contribution < -0.4 is 10.6 Å². The van der Waals surface area contributed by atoms with Crippen molar-refractivity contribution in [2.24, 2.45) is 17.1 Å². The Kier molecular flexibility index (Phi) is 4.67. The number of amides is 1. The minimum Gasteiger partial charge on any atom is -0.392 e. The summed E-state index contributed by atoms with van der Waals surface area (Å²) in [5.41, 5.74) is 7.46. The summed E-state index contributed by atoms with van der Waals surface area (Å²) < 4.78 is 0. The van der Waals surface area contributed by atoms with Gasteiger partial charge >= 0.3 is 0 Å². The van der Waals surface area contributed by atoms with Gasteiger partial charge in [-0.05, 0) is 36.8 Å². The van der Waals surface area contributed by atoms with Gasteiger partial charge in [0.25, 0.3) is 0 Å². The van der Waals surface area contributed by atoms with Crippen LogP contribution in [0.1, 0.15) is 39.2 Å². The number of para-hydroxylation sites is 1. The van der Waals surface area contributed by atoms with E-state index in [1.165, 1.54) is 5.56 Å².